The molecule has 5 nitrogen and oxygen atoms in total. The summed E-state index contributed by atoms with van der Waals surface area (Å²) >= 11 is 0. The molecule has 0 unspecified atom stereocenters. The molecule has 0 radical (unpaired) electrons. The molecule has 14 heavy (non-hydrogen) atoms. The highest BCUT2D eigenvalue weighted by Gasteiger charge is 2.15. The Kier molecular flexibility index (Phi) is 3.28. The Hall–Kier alpha value is -0.880. The third kappa shape index (κ3) is 2.81. The average Bonchev–Trinajstić information content (AvgIpc) is 2.48. The first-order valence-electron chi connectivity index (χ1n) is 4.32. The SMILES string of the molecule is Cc1cc(CNS(=O)(=O)C(C)C)on1. The van der Waals surface area contributed by atoms with Gasteiger partial charge in [-0.1, -0.05) is 5.16 Å². The Morgan fingerprint density at radius 2 is 2.21 bits per heavy atom. The number of sulfonamides is 1. The van der Waals surface area contributed by atoms with Crippen LogP contribution in [0.1, 0.15) is 25.3 Å². The van der Waals surface area contributed by atoms with Gasteiger partial charge < -0.3 is 4.52 Å². The fraction of sp³-hybridized carbons (Fsp3) is 0.625. The van der Waals surface area contributed by atoms with Gasteiger partial charge in [-0.15, -0.1) is 0 Å². The lowest BCUT2D eigenvalue weighted by Crippen LogP contribution is -2.30. The molecule has 1 N–H and O–H groups in total. The monoisotopic (exact) mass is 218 g/mol. The molecule has 0 aromatic carbocycles. The lowest BCUT2D eigenvalue weighted by molar-refractivity contribution is 0.376. The smallest absolute Gasteiger partial charge is 0.214 e. The second kappa shape index (κ2) is 4.10. The van der Waals surface area contributed by atoms with Gasteiger partial charge in [0.1, 0.15) is 0 Å². The van der Waals surface area contributed by atoms with Crippen LogP contribution in [-0.4, -0.2) is 18.8 Å². The molecule has 0 spiro atoms. The minimum absolute atomic E-state index is 0.154. The zero-order valence-corrected chi connectivity index (χ0v) is 9.26. The molecule has 0 aliphatic rings. The summed E-state index contributed by atoms with van der Waals surface area (Å²) in [5.41, 5.74) is 0.740. The van der Waals surface area contributed by atoms with E-state index in [1.165, 1.54) is 0 Å². The van der Waals surface area contributed by atoms with E-state index >= 15 is 0 Å². The van der Waals surface area contributed by atoms with Crippen LogP contribution in [0.4, 0.5) is 0 Å². The molecule has 0 amide bonds. The Bertz CT molecular complexity index is 394. The van der Waals surface area contributed by atoms with E-state index in [-0.39, 0.29) is 6.54 Å². The third-order valence-corrected chi connectivity index (χ3v) is 3.53. The summed E-state index contributed by atoms with van der Waals surface area (Å²) < 4.78 is 30.0. The van der Waals surface area contributed by atoms with Crippen LogP contribution in [0.15, 0.2) is 10.6 Å². The maximum absolute atomic E-state index is 11.3. The van der Waals surface area contributed by atoms with Gasteiger partial charge in [0.05, 0.1) is 17.5 Å². The summed E-state index contributed by atoms with van der Waals surface area (Å²) in [6.07, 6.45) is 0. The van der Waals surface area contributed by atoms with Crippen molar-refractivity contribution in [3.8, 4) is 0 Å². The highest BCUT2D eigenvalue weighted by Crippen LogP contribution is 2.03. The van der Waals surface area contributed by atoms with Crippen LogP contribution in [0.5, 0.6) is 0 Å². The van der Waals surface area contributed by atoms with Crippen LogP contribution >= 0.6 is 0 Å². The molecule has 0 saturated heterocycles. The van der Waals surface area contributed by atoms with Crippen LogP contribution < -0.4 is 4.72 Å². The van der Waals surface area contributed by atoms with Gasteiger partial charge in [0.25, 0.3) is 0 Å². The van der Waals surface area contributed by atoms with Gasteiger partial charge in [-0.2, -0.15) is 0 Å². The number of hydrogen-bond donors (Lipinski definition) is 1. The topological polar surface area (TPSA) is 72.2 Å². The quantitative estimate of drug-likeness (QED) is 0.811. The predicted molar refractivity (Wildman–Crippen MR) is 52.1 cm³/mol. The van der Waals surface area contributed by atoms with Gasteiger partial charge >= 0.3 is 0 Å². The number of nitrogens with zero attached hydrogens (tertiary/aromatic N) is 1. The normalized spacial score (nSPS) is 12.3. The van der Waals surface area contributed by atoms with Crippen molar-refractivity contribution in [3.63, 3.8) is 0 Å². The molecule has 0 fully saturated rings. The van der Waals surface area contributed by atoms with Crippen LogP contribution in [-0.2, 0) is 16.6 Å². The van der Waals surface area contributed by atoms with Crippen molar-refractivity contribution in [2.24, 2.45) is 0 Å². The van der Waals surface area contributed by atoms with E-state index in [1.54, 1.807) is 26.8 Å². The van der Waals surface area contributed by atoms with Gasteiger partial charge in [-0.25, -0.2) is 13.1 Å². The minimum Gasteiger partial charge on any atom is -0.360 e. The molecule has 0 aliphatic carbocycles. The van der Waals surface area contributed by atoms with Gasteiger partial charge in [0.2, 0.25) is 10.0 Å². The van der Waals surface area contributed by atoms with E-state index in [0.717, 1.165) is 5.69 Å². The molecule has 0 bridgehead atoms. The molecule has 1 rings (SSSR count). The highest BCUT2D eigenvalue weighted by atomic mass is 32.2. The molecule has 1 heterocycles. The molecule has 0 saturated carbocycles. The first kappa shape index (κ1) is 11.2. The number of hydrogen-bond acceptors (Lipinski definition) is 4. The van der Waals surface area contributed by atoms with Crippen molar-refractivity contribution in [3.05, 3.63) is 17.5 Å². The molecular formula is C8H14N2O3S. The van der Waals surface area contributed by atoms with Gasteiger partial charge in [-0.3, -0.25) is 0 Å². The Balaban J connectivity index is 2.57. The minimum atomic E-state index is -3.22. The first-order valence-corrected chi connectivity index (χ1v) is 5.87. The van der Waals surface area contributed by atoms with Crippen molar-refractivity contribution in [1.29, 1.82) is 0 Å². The lowest BCUT2D eigenvalue weighted by Gasteiger charge is -2.06. The van der Waals surface area contributed by atoms with Crippen LogP contribution in [0.2, 0.25) is 0 Å². The fourth-order valence-electron chi connectivity index (χ4n) is 0.838. The first-order chi connectivity index (χ1) is 6.42. The Morgan fingerprint density at radius 1 is 1.57 bits per heavy atom. The zero-order valence-electron chi connectivity index (χ0n) is 8.44. The van der Waals surface area contributed by atoms with Crippen LogP contribution in [0.3, 0.4) is 0 Å². The number of aromatic nitrogens is 1. The second-order valence-electron chi connectivity index (χ2n) is 3.35. The van der Waals surface area contributed by atoms with Gasteiger partial charge in [0.15, 0.2) is 5.76 Å². The van der Waals surface area contributed by atoms with E-state index in [4.69, 9.17) is 4.52 Å². The second-order valence-corrected chi connectivity index (χ2v) is 5.67. The zero-order chi connectivity index (χ0) is 10.8. The molecule has 0 aliphatic heterocycles. The summed E-state index contributed by atoms with van der Waals surface area (Å²) in [7, 11) is -3.22. The van der Waals surface area contributed by atoms with Crippen molar-refractivity contribution in [1.82, 2.24) is 9.88 Å². The van der Waals surface area contributed by atoms with Crippen molar-refractivity contribution in [2.75, 3.05) is 0 Å². The summed E-state index contributed by atoms with van der Waals surface area (Å²) in [4.78, 5) is 0. The maximum atomic E-state index is 11.3. The summed E-state index contributed by atoms with van der Waals surface area (Å²) in [5.74, 6) is 0.520. The molecule has 6 heteroatoms. The summed E-state index contributed by atoms with van der Waals surface area (Å²) in [6, 6.07) is 1.70. The van der Waals surface area contributed by atoms with Gasteiger partial charge in [0, 0.05) is 6.07 Å². The third-order valence-electron chi connectivity index (χ3n) is 1.74. The van der Waals surface area contributed by atoms with E-state index in [2.05, 4.69) is 9.88 Å². The summed E-state index contributed by atoms with van der Waals surface area (Å²) in [6.45, 7) is 5.17. The van der Waals surface area contributed by atoms with Gasteiger partial charge in [-0.05, 0) is 20.8 Å². The average molecular weight is 218 g/mol. The number of aryl methyl sites for hydroxylation is 1. The number of nitrogens with one attached hydrogen (secondary N) is 1. The maximum Gasteiger partial charge on any atom is 0.214 e. The van der Waals surface area contributed by atoms with E-state index in [9.17, 15) is 8.42 Å². The Labute approximate surface area is 83.5 Å². The standard InChI is InChI=1S/C8H14N2O3S/c1-6(2)14(11,12)9-5-8-4-7(3)10-13-8/h4,6,9H,5H2,1-3H3. The molecule has 1 aromatic rings. The fourth-order valence-corrected chi connectivity index (χ4v) is 1.51. The summed E-state index contributed by atoms with van der Waals surface area (Å²) in [5, 5.41) is 3.21. The van der Waals surface area contributed by atoms with E-state index in [0.29, 0.717) is 5.76 Å². The van der Waals surface area contributed by atoms with Crippen molar-refractivity contribution in [2.45, 2.75) is 32.6 Å². The lowest BCUT2D eigenvalue weighted by atomic mass is 10.4. The van der Waals surface area contributed by atoms with Crippen LogP contribution in [0, 0.1) is 6.92 Å². The molecule has 0 atom stereocenters. The van der Waals surface area contributed by atoms with Crippen LogP contribution in [0.25, 0.3) is 0 Å². The largest absolute Gasteiger partial charge is 0.360 e. The number of rotatable bonds is 4. The van der Waals surface area contributed by atoms with E-state index in [1.807, 2.05) is 0 Å². The molecular weight excluding hydrogens is 204 g/mol. The van der Waals surface area contributed by atoms with Crippen molar-refractivity contribution < 1.29 is 12.9 Å². The molecule has 80 valence electrons. The Morgan fingerprint density at radius 3 is 2.64 bits per heavy atom. The molecule has 1 aromatic heterocycles. The highest BCUT2D eigenvalue weighted by molar-refractivity contribution is 7.90. The predicted octanol–water partition coefficient (Wildman–Crippen LogP) is 0.811. The van der Waals surface area contributed by atoms with E-state index < -0.39 is 15.3 Å². The van der Waals surface area contributed by atoms with Crippen molar-refractivity contribution >= 4 is 10.0 Å².